The Bertz CT molecular complexity index is 915. The Kier molecular flexibility index (Phi) is 4.17. The van der Waals surface area contributed by atoms with Crippen LogP contribution in [0.15, 0.2) is 33.9 Å². The Hall–Kier alpha value is -2.94. The third kappa shape index (κ3) is 2.93. The number of nitrogens with one attached hydrogen (secondary N) is 1. The van der Waals surface area contributed by atoms with Crippen molar-refractivity contribution in [1.29, 1.82) is 0 Å². The molecule has 9 nitrogen and oxygen atoms in total. The number of aliphatic carboxylic acids is 1. The first-order chi connectivity index (χ1) is 11.5. The molecule has 1 aromatic heterocycles. The molecule has 2 aromatic rings. The Labute approximate surface area is 135 Å². The molecule has 0 saturated carbocycles. The number of aromatic nitrogens is 2. The number of H-pyrrole nitrogens is 1. The number of nitrogens with zero attached hydrogens (tertiary/aromatic N) is 2. The van der Waals surface area contributed by atoms with Gasteiger partial charge in [0, 0.05) is 6.54 Å². The Balaban J connectivity index is 1.87. The molecule has 2 N–H and O–H groups in total. The lowest BCUT2D eigenvalue weighted by molar-refractivity contribution is -0.159. The van der Waals surface area contributed by atoms with Gasteiger partial charge in [0.1, 0.15) is 6.54 Å². The maximum atomic E-state index is 12.4. The zero-order valence-electron chi connectivity index (χ0n) is 12.6. The number of fused-ring (bicyclic) bond motifs is 1. The van der Waals surface area contributed by atoms with Gasteiger partial charge in [0.2, 0.25) is 5.91 Å². The Morgan fingerprint density at radius 3 is 2.79 bits per heavy atom. The minimum atomic E-state index is -1.16. The van der Waals surface area contributed by atoms with E-state index in [-0.39, 0.29) is 19.7 Å². The number of carboxylic acid groups (broad SMARTS) is 1. The van der Waals surface area contributed by atoms with Crippen LogP contribution in [0.3, 0.4) is 0 Å². The Morgan fingerprint density at radius 2 is 2.04 bits per heavy atom. The number of carboxylic acids is 1. The summed E-state index contributed by atoms with van der Waals surface area (Å²) < 4.78 is 5.86. The second kappa shape index (κ2) is 6.28. The van der Waals surface area contributed by atoms with Crippen LogP contribution in [-0.4, -0.2) is 57.2 Å². The minimum absolute atomic E-state index is 0.0890. The van der Waals surface area contributed by atoms with Crippen LogP contribution in [-0.2, 0) is 20.9 Å². The second-order valence-electron chi connectivity index (χ2n) is 5.40. The molecule has 1 amide bonds. The van der Waals surface area contributed by atoms with E-state index in [1.165, 1.54) is 4.90 Å². The fraction of sp³-hybridized carbons (Fsp3) is 0.333. The summed E-state index contributed by atoms with van der Waals surface area (Å²) in [5.74, 6) is -1.67. The number of carbonyl (C=O) groups is 2. The lowest BCUT2D eigenvalue weighted by atomic mass is 10.2. The van der Waals surface area contributed by atoms with Crippen molar-refractivity contribution in [1.82, 2.24) is 14.5 Å². The molecule has 9 heteroatoms. The number of morpholine rings is 1. The first-order valence-corrected chi connectivity index (χ1v) is 7.31. The molecule has 1 unspecified atom stereocenters. The lowest BCUT2D eigenvalue weighted by Gasteiger charge is -2.30. The molecule has 2 heterocycles. The van der Waals surface area contributed by atoms with Gasteiger partial charge >= 0.3 is 11.7 Å². The van der Waals surface area contributed by atoms with Gasteiger partial charge in [-0.25, -0.2) is 9.59 Å². The van der Waals surface area contributed by atoms with E-state index in [0.717, 1.165) is 4.57 Å². The predicted octanol–water partition coefficient (Wildman–Crippen LogP) is -0.998. The van der Waals surface area contributed by atoms with Crippen LogP contribution in [0.1, 0.15) is 0 Å². The molecular weight excluding hydrogens is 318 g/mol. The molecule has 0 aliphatic carbocycles. The van der Waals surface area contributed by atoms with E-state index in [4.69, 9.17) is 9.84 Å². The van der Waals surface area contributed by atoms with Crippen molar-refractivity contribution in [2.45, 2.75) is 12.6 Å². The Morgan fingerprint density at radius 1 is 1.29 bits per heavy atom. The van der Waals surface area contributed by atoms with Gasteiger partial charge in [-0.1, -0.05) is 12.1 Å². The highest BCUT2D eigenvalue weighted by Crippen LogP contribution is 2.07. The standard InChI is InChI=1S/C15H15N3O6/c19-12(17-5-6-24-11(7-17)14(21)22)8-18-13(20)9-3-1-2-4-10(9)16-15(18)23/h1-4,11H,5-8H2,(H,16,23)(H,21,22). The van der Waals surface area contributed by atoms with E-state index < -0.39 is 35.8 Å². The average Bonchev–Trinajstić information content (AvgIpc) is 2.58. The third-order valence-corrected chi connectivity index (χ3v) is 3.88. The molecule has 3 rings (SSSR count). The molecule has 126 valence electrons. The van der Waals surface area contributed by atoms with Gasteiger partial charge in [-0.05, 0) is 12.1 Å². The monoisotopic (exact) mass is 333 g/mol. The third-order valence-electron chi connectivity index (χ3n) is 3.88. The van der Waals surface area contributed by atoms with E-state index in [0.29, 0.717) is 10.9 Å². The summed E-state index contributed by atoms with van der Waals surface area (Å²) in [6.45, 7) is -0.270. The number of benzene rings is 1. The van der Waals surface area contributed by atoms with Crippen molar-refractivity contribution in [2.24, 2.45) is 0 Å². The highest BCUT2D eigenvalue weighted by Gasteiger charge is 2.29. The summed E-state index contributed by atoms with van der Waals surface area (Å²) in [7, 11) is 0. The summed E-state index contributed by atoms with van der Waals surface area (Å²) >= 11 is 0. The molecule has 0 bridgehead atoms. The fourth-order valence-corrected chi connectivity index (χ4v) is 2.60. The van der Waals surface area contributed by atoms with Gasteiger partial charge in [-0.3, -0.25) is 14.2 Å². The topological polar surface area (TPSA) is 122 Å². The van der Waals surface area contributed by atoms with Gasteiger partial charge in [0.05, 0.1) is 24.1 Å². The highest BCUT2D eigenvalue weighted by atomic mass is 16.5. The number of carbonyl (C=O) groups excluding carboxylic acids is 1. The fourth-order valence-electron chi connectivity index (χ4n) is 2.60. The van der Waals surface area contributed by atoms with Crippen molar-refractivity contribution in [3.05, 3.63) is 45.1 Å². The maximum Gasteiger partial charge on any atom is 0.334 e. The summed E-state index contributed by atoms with van der Waals surface area (Å²) in [5, 5.41) is 9.26. The number of ether oxygens (including phenoxy) is 1. The van der Waals surface area contributed by atoms with Crippen molar-refractivity contribution in [3.8, 4) is 0 Å². The highest BCUT2D eigenvalue weighted by molar-refractivity contribution is 5.80. The molecule has 0 spiro atoms. The van der Waals surface area contributed by atoms with Gasteiger partial charge in [-0.2, -0.15) is 0 Å². The second-order valence-corrected chi connectivity index (χ2v) is 5.40. The predicted molar refractivity (Wildman–Crippen MR) is 82.8 cm³/mol. The molecule has 24 heavy (non-hydrogen) atoms. The van der Waals surface area contributed by atoms with Crippen molar-refractivity contribution in [3.63, 3.8) is 0 Å². The summed E-state index contributed by atoms with van der Waals surface area (Å²) in [6, 6.07) is 6.51. The van der Waals surface area contributed by atoms with Gasteiger partial charge in [0.25, 0.3) is 5.56 Å². The van der Waals surface area contributed by atoms with Gasteiger partial charge < -0.3 is 19.7 Å². The van der Waals surface area contributed by atoms with Crippen LogP contribution in [0.5, 0.6) is 0 Å². The number of amides is 1. The largest absolute Gasteiger partial charge is 0.479 e. The van der Waals surface area contributed by atoms with Crippen LogP contribution >= 0.6 is 0 Å². The van der Waals surface area contributed by atoms with Gasteiger partial charge in [0.15, 0.2) is 6.10 Å². The SMILES string of the molecule is O=C(O)C1CN(C(=O)Cn2c(=O)[nH]c3ccccc3c2=O)CCO1. The lowest BCUT2D eigenvalue weighted by Crippen LogP contribution is -2.51. The van der Waals surface area contributed by atoms with Crippen molar-refractivity contribution < 1.29 is 19.4 Å². The van der Waals surface area contributed by atoms with E-state index in [2.05, 4.69) is 4.98 Å². The number of rotatable bonds is 3. The van der Waals surface area contributed by atoms with Crippen LogP contribution in [0.2, 0.25) is 0 Å². The molecular formula is C15H15N3O6. The van der Waals surface area contributed by atoms with Crippen LogP contribution in [0, 0.1) is 0 Å². The average molecular weight is 333 g/mol. The smallest absolute Gasteiger partial charge is 0.334 e. The van der Waals surface area contributed by atoms with Crippen molar-refractivity contribution >= 4 is 22.8 Å². The quantitative estimate of drug-likeness (QED) is 0.743. The van der Waals surface area contributed by atoms with E-state index in [1.54, 1.807) is 24.3 Å². The maximum absolute atomic E-state index is 12.4. The molecule has 1 atom stereocenters. The number of aromatic amines is 1. The van der Waals surface area contributed by atoms with Crippen LogP contribution in [0.4, 0.5) is 0 Å². The number of hydrogen-bond donors (Lipinski definition) is 2. The summed E-state index contributed by atoms with van der Waals surface area (Å²) in [5.41, 5.74) is -0.852. The summed E-state index contributed by atoms with van der Waals surface area (Å²) in [4.78, 5) is 51.6. The zero-order chi connectivity index (χ0) is 17.3. The van der Waals surface area contributed by atoms with Gasteiger partial charge in [-0.15, -0.1) is 0 Å². The molecule has 1 aliphatic heterocycles. The normalized spacial score (nSPS) is 17.8. The first-order valence-electron chi connectivity index (χ1n) is 7.31. The minimum Gasteiger partial charge on any atom is -0.479 e. The van der Waals surface area contributed by atoms with E-state index >= 15 is 0 Å². The van der Waals surface area contributed by atoms with E-state index in [9.17, 15) is 19.2 Å². The number of para-hydroxylation sites is 1. The molecule has 1 aliphatic rings. The molecule has 1 saturated heterocycles. The molecule has 1 fully saturated rings. The zero-order valence-corrected chi connectivity index (χ0v) is 12.6. The van der Waals surface area contributed by atoms with Crippen LogP contribution < -0.4 is 11.2 Å². The molecule has 1 aromatic carbocycles. The van der Waals surface area contributed by atoms with Crippen molar-refractivity contribution in [2.75, 3.05) is 19.7 Å². The number of hydrogen-bond acceptors (Lipinski definition) is 5. The summed E-state index contributed by atoms with van der Waals surface area (Å²) in [6.07, 6.45) is -1.10. The first kappa shape index (κ1) is 15.9. The van der Waals surface area contributed by atoms with E-state index in [1.807, 2.05) is 0 Å². The van der Waals surface area contributed by atoms with Crippen LogP contribution in [0.25, 0.3) is 10.9 Å². The molecule has 0 radical (unpaired) electrons.